The lowest BCUT2D eigenvalue weighted by atomic mass is 10.1. The van der Waals surface area contributed by atoms with Crippen LogP contribution in [0.25, 0.3) is 0 Å². The number of methoxy groups -OCH3 is 1. The molecule has 0 amide bonds. The van der Waals surface area contributed by atoms with Crippen molar-refractivity contribution in [2.45, 2.75) is 26.3 Å². The van der Waals surface area contributed by atoms with Gasteiger partial charge in [-0.05, 0) is 42.5 Å². The highest BCUT2D eigenvalue weighted by Gasteiger charge is 2.18. The minimum atomic E-state index is -0.465. The maximum atomic E-state index is 12.0. The smallest absolute Gasteiger partial charge is 0.182 e. The monoisotopic (exact) mass is 299 g/mol. The summed E-state index contributed by atoms with van der Waals surface area (Å²) in [5.74, 6) is 2.18. The molecule has 0 aliphatic rings. The molecule has 0 heterocycles. The molecule has 2 rings (SSSR count). The molecular weight excluding hydrogens is 278 g/mol. The normalized spacial score (nSPS) is 12.1. The molecule has 4 nitrogen and oxygen atoms in total. The van der Waals surface area contributed by atoms with Gasteiger partial charge in [0.1, 0.15) is 17.2 Å². The van der Waals surface area contributed by atoms with Gasteiger partial charge in [-0.1, -0.05) is 6.07 Å². The van der Waals surface area contributed by atoms with Gasteiger partial charge in [0.2, 0.25) is 0 Å². The van der Waals surface area contributed by atoms with Crippen LogP contribution in [0.3, 0.4) is 0 Å². The van der Waals surface area contributed by atoms with Gasteiger partial charge in [0.25, 0.3) is 0 Å². The van der Waals surface area contributed by atoms with Crippen LogP contribution in [-0.4, -0.2) is 23.6 Å². The molecule has 0 radical (unpaired) electrons. The number of hydrogen-bond acceptors (Lipinski definition) is 3. The first kappa shape index (κ1) is 15.9. The molecule has 0 fully saturated rings. The van der Waals surface area contributed by atoms with Gasteiger partial charge in [-0.25, -0.2) is 4.74 Å². The Labute approximate surface area is 131 Å². The van der Waals surface area contributed by atoms with E-state index in [0.717, 1.165) is 16.1 Å². The zero-order valence-electron chi connectivity index (χ0n) is 13.4. The first-order chi connectivity index (χ1) is 10.4. The van der Waals surface area contributed by atoms with Gasteiger partial charge in [0, 0.05) is 26.3 Å². The van der Waals surface area contributed by atoms with E-state index in [0.29, 0.717) is 11.5 Å². The molecule has 0 aromatic heterocycles. The third kappa shape index (κ3) is 4.25. The molecule has 0 aliphatic heterocycles. The first-order valence-electron chi connectivity index (χ1n) is 7.12. The molecule has 0 unspecified atom stereocenters. The molecule has 4 heteroatoms. The number of nitrogens with zero attached hydrogens (tertiary/aromatic N) is 1. The molecule has 116 valence electrons. The minimum Gasteiger partial charge on any atom is -0.623 e. The van der Waals surface area contributed by atoms with Crippen LogP contribution in [-0.2, 0) is 0 Å². The molecule has 0 N–H and O–H groups in total. The van der Waals surface area contributed by atoms with Crippen molar-refractivity contribution in [3.05, 3.63) is 59.3 Å². The Hall–Kier alpha value is -2.49. The lowest BCUT2D eigenvalue weighted by molar-refractivity contribution is -0.530. The van der Waals surface area contributed by atoms with Crippen LogP contribution in [0.4, 0.5) is 0 Å². The van der Waals surface area contributed by atoms with Crippen LogP contribution >= 0.6 is 0 Å². The van der Waals surface area contributed by atoms with E-state index < -0.39 is 5.54 Å². The zero-order valence-corrected chi connectivity index (χ0v) is 13.4. The quantitative estimate of drug-likeness (QED) is 0.367. The van der Waals surface area contributed by atoms with Crippen LogP contribution in [0.1, 0.15) is 26.3 Å². The predicted octanol–water partition coefficient (Wildman–Crippen LogP) is 4.22. The SMILES string of the molecule is COc1ccc(Oc2cccc(/C=[N+](\[O-])C(C)(C)C)c2)cc1. The van der Waals surface area contributed by atoms with Crippen molar-refractivity contribution in [1.29, 1.82) is 0 Å². The van der Waals surface area contributed by atoms with Crippen LogP contribution in [0, 0.1) is 5.21 Å². The van der Waals surface area contributed by atoms with Crippen LogP contribution in [0.2, 0.25) is 0 Å². The highest BCUT2D eigenvalue weighted by molar-refractivity contribution is 5.76. The largest absolute Gasteiger partial charge is 0.623 e. The lowest BCUT2D eigenvalue weighted by Gasteiger charge is -2.18. The Balaban J connectivity index is 2.17. The van der Waals surface area contributed by atoms with Gasteiger partial charge in [0.05, 0.1) is 7.11 Å². The number of hydrogen-bond donors (Lipinski definition) is 0. The molecule has 0 saturated carbocycles. The highest BCUT2D eigenvalue weighted by atomic mass is 16.5. The molecule has 0 atom stereocenters. The average molecular weight is 299 g/mol. The van der Waals surface area contributed by atoms with Crippen LogP contribution in [0.15, 0.2) is 48.5 Å². The fourth-order valence-corrected chi connectivity index (χ4v) is 1.77. The Morgan fingerprint density at radius 2 is 1.59 bits per heavy atom. The van der Waals surface area contributed by atoms with Crippen molar-refractivity contribution >= 4 is 6.21 Å². The topological polar surface area (TPSA) is 44.5 Å². The van der Waals surface area contributed by atoms with E-state index in [9.17, 15) is 5.21 Å². The second-order valence-corrected chi connectivity index (χ2v) is 5.98. The summed E-state index contributed by atoms with van der Waals surface area (Å²) in [6, 6.07) is 14.8. The summed E-state index contributed by atoms with van der Waals surface area (Å²) in [7, 11) is 1.62. The van der Waals surface area contributed by atoms with Crippen molar-refractivity contribution in [3.8, 4) is 17.2 Å². The van der Waals surface area contributed by atoms with E-state index in [4.69, 9.17) is 9.47 Å². The Morgan fingerprint density at radius 3 is 2.18 bits per heavy atom. The molecule has 2 aromatic carbocycles. The zero-order chi connectivity index (χ0) is 16.2. The van der Waals surface area contributed by atoms with Gasteiger partial charge in [-0.15, -0.1) is 0 Å². The van der Waals surface area contributed by atoms with Crippen molar-refractivity contribution in [2.24, 2.45) is 0 Å². The third-order valence-corrected chi connectivity index (χ3v) is 3.08. The Kier molecular flexibility index (Phi) is 4.71. The number of rotatable bonds is 4. The van der Waals surface area contributed by atoms with Crippen molar-refractivity contribution in [1.82, 2.24) is 0 Å². The fraction of sp³-hybridized carbons (Fsp3) is 0.278. The van der Waals surface area contributed by atoms with E-state index in [2.05, 4.69) is 0 Å². The second kappa shape index (κ2) is 6.52. The number of ether oxygens (including phenoxy) is 2. The van der Waals surface area contributed by atoms with Gasteiger partial charge in [-0.2, -0.15) is 0 Å². The summed E-state index contributed by atoms with van der Waals surface area (Å²) in [6.07, 6.45) is 1.57. The summed E-state index contributed by atoms with van der Waals surface area (Å²) >= 11 is 0. The second-order valence-electron chi connectivity index (χ2n) is 5.98. The lowest BCUT2D eigenvalue weighted by Crippen LogP contribution is -2.29. The maximum Gasteiger partial charge on any atom is 0.182 e. The Morgan fingerprint density at radius 1 is 0.955 bits per heavy atom. The van der Waals surface area contributed by atoms with Crippen molar-refractivity contribution in [3.63, 3.8) is 0 Å². The molecule has 0 spiro atoms. The third-order valence-electron chi connectivity index (χ3n) is 3.08. The standard InChI is InChI=1S/C18H21NO3/c1-18(2,3)19(20)13-14-6-5-7-17(12-14)22-16-10-8-15(21-4)9-11-16/h5-13H,1-4H3/b19-13-. The van der Waals surface area contributed by atoms with Gasteiger partial charge in [0.15, 0.2) is 11.8 Å². The summed E-state index contributed by atoms with van der Waals surface area (Å²) in [5.41, 5.74) is 0.336. The molecule has 0 saturated heterocycles. The summed E-state index contributed by atoms with van der Waals surface area (Å²) < 4.78 is 11.8. The van der Waals surface area contributed by atoms with E-state index in [-0.39, 0.29) is 0 Å². The van der Waals surface area contributed by atoms with E-state index in [1.807, 2.05) is 69.3 Å². The average Bonchev–Trinajstić information content (AvgIpc) is 2.47. The maximum absolute atomic E-state index is 12.0. The Bertz CT molecular complexity index is 655. The molecule has 2 aromatic rings. The summed E-state index contributed by atoms with van der Waals surface area (Å²) in [6.45, 7) is 5.61. The van der Waals surface area contributed by atoms with Crippen LogP contribution < -0.4 is 9.47 Å². The minimum absolute atomic E-state index is 0.465. The highest BCUT2D eigenvalue weighted by Crippen LogP contribution is 2.24. The summed E-state index contributed by atoms with van der Waals surface area (Å²) in [5, 5.41) is 12.0. The predicted molar refractivity (Wildman–Crippen MR) is 88.1 cm³/mol. The van der Waals surface area contributed by atoms with Gasteiger partial charge in [-0.3, -0.25) is 0 Å². The van der Waals surface area contributed by atoms with E-state index in [1.54, 1.807) is 13.3 Å². The van der Waals surface area contributed by atoms with Gasteiger partial charge < -0.3 is 14.7 Å². The number of hydroxylamine groups is 1. The van der Waals surface area contributed by atoms with E-state index in [1.165, 1.54) is 0 Å². The summed E-state index contributed by atoms with van der Waals surface area (Å²) in [4.78, 5) is 0. The molecule has 0 bridgehead atoms. The van der Waals surface area contributed by atoms with Gasteiger partial charge >= 0.3 is 0 Å². The molecular formula is C18H21NO3. The molecule has 0 aliphatic carbocycles. The van der Waals surface area contributed by atoms with E-state index >= 15 is 0 Å². The van der Waals surface area contributed by atoms with Crippen molar-refractivity contribution < 1.29 is 14.2 Å². The van der Waals surface area contributed by atoms with Crippen molar-refractivity contribution in [2.75, 3.05) is 7.11 Å². The first-order valence-corrected chi connectivity index (χ1v) is 7.12. The number of benzene rings is 2. The fourth-order valence-electron chi connectivity index (χ4n) is 1.77. The molecule has 22 heavy (non-hydrogen) atoms. The van der Waals surface area contributed by atoms with Crippen LogP contribution in [0.5, 0.6) is 17.2 Å².